The van der Waals surface area contributed by atoms with Crippen LogP contribution in [-0.2, 0) is 5.54 Å². The number of piperidine rings is 1. The van der Waals surface area contributed by atoms with Crippen LogP contribution in [0, 0.1) is 11.8 Å². The molecule has 0 saturated carbocycles. The van der Waals surface area contributed by atoms with Gasteiger partial charge in [-0.15, -0.1) is 0 Å². The van der Waals surface area contributed by atoms with Crippen LogP contribution in [0.4, 0.5) is 24.5 Å². The molecule has 1 aromatic heterocycles. The Hall–Kier alpha value is -3.32. The van der Waals surface area contributed by atoms with Crippen molar-refractivity contribution in [3.63, 3.8) is 0 Å². The molecule has 2 aromatic rings. The van der Waals surface area contributed by atoms with Gasteiger partial charge in [-0.1, -0.05) is 12.1 Å². The number of aromatic amines is 1. The fourth-order valence-electron chi connectivity index (χ4n) is 3.33. The molecule has 0 radical (unpaired) electrons. The van der Waals surface area contributed by atoms with Gasteiger partial charge in [0.15, 0.2) is 0 Å². The summed E-state index contributed by atoms with van der Waals surface area (Å²) in [7, 11) is 0. The van der Waals surface area contributed by atoms with E-state index in [4.69, 9.17) is 16.7 Å². The second kappa shape index (κ2) is 8.79. The molecule has 3 rings (SSSR count). The summed E-state index contributed by atoms with van der Waals surface area (Å²) in [6.07, 6.45) is -1.84. The zero-order valence-corrected chi connectivity index (χ0v) is 15.5. The first-order valence-electron chi connectivity index (χ1n) is 8.74. The van der Waals surface area contributed by atoms with Gasteiger partial charge in [0.1, 0.15) is 16.9 Å². The predicted octanol–water partition coefficient (Wildman–Crippen LogP) is 2.66. The van der Waals surface area contributed by atoms with Gasteiger partial charge in [-0.3, -0.25) is 10.1 Å². The Balaban J connectivity index is 0.00000145. The molecule has 1 aliphatic rings. The van der Waals surface area contributed by atoms with Gasteiger partial charge in [-0.05, 0) is 49.6 Å². The molecule has 1 atom stereocenters. The lowest BCUT2D eigenvalue weighted by atomic mass is 9.81. The molecule has 29 heavy (non-hydrogen) atoms. The van der Waals surface area contributed by atoms with Gasteiger partial charge < -0.3 is 16.5 Å². The van der Waals surface area contributed by atoms with E-state index >= 15 is 0 Å². The number of aromatic nitrogens is 1. The summed E-state index contributed by atoms with van der Waals surface area (Å²) in [6.45, 7) is 3.81. The van der Waals surface area contributed by atoms with Gasteiger partial charge >= 0.3 is 6.18 Å². The van der Waals surface area contributed by atoms with E-state index in [1.165, 1.54) is 36.5 Å². The molecule has 1 fully saturated rings. The Morgan fingerprint density at radius 2 is 1.83 bits per heavy atom. The van der Waals surface area contributed by atoms with E-state index in [9.17, 15) is 18.0 Å². The van der Waals surface area contributed by atoms with Crippen LogP contribution in [0.25, 0.3) is 0 Å². The lowest BCUT2D eigenvalue weighted by Gasteiger charge is -2.40. The summed E-state index contributed by atoms with van der Waals surface area (Å²) in [5, 5.41) is 9.14. The second-order valence-electron chi connectivity index (χ2n) is 6.47. The summed E-state index contributed by atoms with van der Waals surface area (Å²) in [5.41, 5.74) is 9.72. The van der Waals surface area contributed by atoms with Crippen LogP contribution < -0.4 is 22.3 Å². The lowest BCUT2D eigenvalue weighted by molar-refractivity contribution is -0.207. The number of nitrogens with one attached hydrogen (secondary N) is 2. The number of hydrogen-bond donors (Lipinski definition) is 4. The molecule has 0 bridgehead atoms. The van der Waals surface area contributed by atoms with Crippen LogP contribution >= 0.6 is 0 Å². The van der Waals surface area contributed by atoms with E-state index in [-0.39, 0.29) is 29.1 Å². The number of hydrogen-bond acceptors (Lipinski definition) is 5. The molecule has 0 aliphatic carbocycles. The minimum Gasteiger partial charge on any atom is -0.398 e. The van der Waals surface area contributed by atoms with Gasteiger partial charge in [-0.2, -0.15) is 13.2 Å². The first-order valence-corrected chi connectivity index (χ1v) is 8.74. The maximum atomic E-state index is 13.7. The van der Waals surface area contributed by atoms with Crippen molar-refractivity contribution in [3.8, 4) is 6.57 Å². The van der Waals surface area contributed by atoms with Crippen molar-refractivity contribution in [2.24, 2.45) is 10.7 Å². The molecule has 1 aromatic carbocycles. The summed E-state index contributed by atoms with van der Waals surface area (Å²) in [6, 6.07) is 7.13. The Morgan fingerprint density at radius 1 is 1.17 bits per heavy atom. The number of nitrogen functional groups attached to an aromatic ring is 1. The van der Waals surface area contributed by atoms with Crippen LogP contribution in [0.5, 0.6) is 0 Å². The molecular formula is C19H21F3N6O. The number of nitriles is 1. The number of benzene rings is 1. The van der Waals surface area contributed by atoms with E-state index in [1.54, 1.807) is 0 Å². The first kappa shape index (κ1) is 22.0. The topological polar surface area (TPSA) is 133 Å². The molecule has 1 unspecified atom stereocenters. The molecule has 0 spiro atoms. The second-order valence-corrected chi connectivity index (χ2v) is 6.47. The highest BCUT2D eigenvalue weighted by Gasteiger charge is 2.55. The number of pyridine rings is 1. The minimum absolute atomic E-state index is 0.0167. The van der Waals surface area contributed by atoms with Crippen LogP contribution in [0.2, 0.25) is 0 Å². The molecule has 0 amide bonds. The third-order valence-electron chi connectivity index (χ3n) is 4.75. The van der Waals surface area contributed by atoms with E-state index in [0.717, 1.165) is 0 Å². The van der Waals surface area contributed by atoms with E-state index < -0.39 is 17.3 Å². The highest BCUT2D eigenvalue weighted by molar-refractivity contribution is 6.02. The van der Waals surface area contributed by atoms with Crippen molar-refractivity contribution in [2.45, 2.75) is 31.0 Å². The molecule has 7 nitrogen and oxygen atoms in total. The smallest absolute Gasteiger partial charge is 0.398 e. The van der Waals surface area contributed by atoms with Gasteiger partial charge in [0.25, 0.3) is 5.56 Å². The van der Waals surface area contributed by atoms with Gasteiger partial charge in [0.2, 0.25) is 0 Å². The van der Waals surface area contributed by atoms with Crippen molar-refractivity contribution >= 4 is 17.2 Å². The normalized spacial score (nSPS) is 19.8. The summed E-state index contributed by atoms with van der Waals surface area (Å²) < 4.78 is 41.2. The Labute approximate surface area is 165 Å². The molecule has 1 aliphatic heterocycles. The Kier molecular flexibility index (Phi) is 6.66. The number of nitrogens with two attached hydrogens (primary N) is 2. The van der Waals surface area contributed by atoms with Crippen molar-refractivity contribution in [1.29, 1.82) is 5.26 Å². The maximum absolute atomic E-state index is 13.7. The minimum atomic E-state index is -4.41. The number of alkyl halides is 3. The average molecular weight is 406 g/mol. The van der Waals surface area contributed by atoms with Crippen LogP contribution in [-0.4, -0.2) is 23.5 Å². The first-order chi connectivity index (χ1) is 13.7. The molecule has 1 saturated heterocycles. The van der Waals surface area contributed by atoms with Crippen LogP contribution in [0.3, 0.4) is 0 Å². The number of aliphatic imine (C=N–C) groups is 1. The summed E-state index contributed by atoms with van der Waals surface area (Å²) in [4.78, 5) is 18.4. The van der Waals surface area contributed by atoms with Crippen molar-refractivity contribution in [2.75, 3.05) is 12.3 Å². The van der Waals surface area contributed by atoms with Crippen molar-refractivity contribution in [1.82, 2.24) is 10.3 Å². The fourth-order valence-corrected chi connectivity index (χ4v) is 3.33. The standard InChI is InChI=1S/C18H20F3N5O.CHN/c19-18(20,21)17(8-1-2-9-25-17)11-3-5-12(6-4-11)26-15(23)14-13(22)7-10-24-16(14)27;1-2/h3-7,10,25H,1-2,8-9H2,(H2,23,26)(H3,22,24,27);1H. The van der Waals surface area contributed by atoms with Gasteiger partial charge in [0, 0.05) is 18.5 Å². The molecule has 2 heterocycles. The van der Waals surface area contributed by atoms with Gasteiger partial charge in [0.05, 0.1) is 5.69 Å². The largest absolute Gasteiger partial charge is 0.410 e. The third-order valence-corrected chi connectivity index (χ3v) is 4.75. The molecule has 10 heteroatoms. The van der Waals surface area contributed by atoms with Gasteiger partial charge in [-0.25, -0.2) is 10.3 Å². The lowest BCUT2D eigenvalue weighted by Crippen LogP contribution is -2.56. The monoisotopic (exact) mass is 406 g/mol. The average Bonchev–Trinajstić information content (AvgIpc) is 2.70. The molecule has 154 valence electrons. The molecular weight excluding hydrogens is 385 g/mol. The van der Waals surface area contributed by atoms with Crippen LogP contribution in [0.15, 0.2) is 46.3 Å². The van der Waals surface area contributed by atoms with Crippen molar-refractivity contribution in [3.05, 3.63) is 58.0 Å². The Bertz CT molecular complexity index is 941. The van der Waals surface area contributed by atoms with E-state index in [2.05, 4.69) is 21.9 Å². The zero-order chi connectivity index (χ0) is 21.7. The fraction of sp³-hybridized carbons (Fsp3) is 0.316. The summed E-state index contributed by atoms with van der Waals surface area (Å²) in [5.74, 6) is -0.108. The molecule has 6 N–H and O–H groups in total. The zero-order valence-electron chi connectivity index (χ0n) is 15.5. The van der Waals surface area contributed by atoms with Crippen LogP contribution in [0.1, 0.15) is 30.4 Å². The quantitative estimate of drug-likeness (QED) is 0.459. The van der Waals surface area contributed by atoms with Crippen molar-refractivity contribution < 1.29 is 13.2 Å². The Morgan fingerprint density at radius 3 is 2.34 bits per heavy atom. The highest BCUT2D eigenvalue weighted by Crippen LogP contribution is 2.44. The number of amidine groups is 1. The van der Waals surface area contributed by atoms with E-state index in [0.29, 0.717) is 25.1 Å². The number of nitrogens with zero attached hydrogens (tertiary/aromatic N) is 2. The number of rotatable bonds is 3. The predicted molar refractivity (Wildman–Crippen MR) is 105 cm³/mol. The number of halogens is 3. The number of H-pyrrole nitrogens is 1. The number of anilines is 1. The summed E-state index contributed by atoms with van der Waals surface area (Å²) >= 11 is 0. The van der Waals surface area contributed by atoms with E-state index in [1.807, 2.05) is 0 Å². The third kappa shape index (κ3) is 4.41. The SMILES string of the molecule is C#N.NC(=Nc1ccc(C2(C(F)(F)F)CCCCN2)cc1)c1c(N)cc[nH]c1=O. The highest BCUT2D eigenvalue weighted by atomic mass is 19.4. The maximum Gasteiger partial charge on any atom is 0.410 e.